The smallest absolute Gasteiger partial charge is 0.394 e. The molecule has 6 aliphatic rings. The SMILES string of the molecule is Nc1ccn(C2OC(COP(=O)(O)OC3C(CO)OC(n4ccc(=O)[nH]c4=O)C3O)C(OP(=O)(O)OCC3OC(n4cnc5c(=O)[nH]c(N)nc54)C(O)C3OP(=O)(O)OCC3OC(n4ccc(=O)[nH]c4=O)C(O)C3OP(=O)(O)OCC3OC(n4cnc5c(=O)[nH]c(N)nc54)C(O)C3OP(=O)(O)OCC3OC(n4ccc(=O)[nH]c4=O)C(O)C3O)C2O)c(=O)n1. The number of hydrogen-bond acceptors (Lipinski definition) is 46. The van der Waals surface area contributed by atoms with Crippen LogP contribution >= 0.6 is 39.1 Å². The second-order valence-electron chi connectivity index (χ2n) is 27.3. The van der Waals surface area contributed by atoms with E-state index >= 15 is 0 Å². The summed E-state index contributed by atoms with van der Waals surface area (Å²) in [7, 11) is -29.5. The van der Waals surface area contributed by atoms with Gasteiger partial charge < -0.3 is 111 Å². The number of anilines is 3. The topological polar surface area (TPSA) is 901 Å². The van der Waals surface area contributed by atoms with Crippen molar-refractivity contribution in [2.75, 3.05) is 56.8 Å². The fraction of sp³-hybridized carbons (Fsp3) is 0.536. The predicted molar refractivity (Wildman–Crippen MR) is 388 cm³/mol. The van der Waals surface area contributed by atoms with Gasteiger partial charge in [0.1, 0.15) is 116 Å². The quantitative estimate of drug-likeness (QED) is 0.0174. The number of phosphoric ester groups is 5. The first-order valence-corrected chi connectivity index (χ1v) is 42.7. The lowest BCUT2D eigenvalue weighted by Gasteiger charge is -2.27. The molecule has 6 saturated heterocycles. The molecule has 14 heterocycles. The van der Waals surface area contributed by atoms with Crippen molar-refractivity contribution in [1.29, 1.82) is 0 Å². The van der Waals surface area contributed by atoms with E-state index in [4.69, 9.17) is 90.9 Å². The van der Waals surface area contributed by atoms with Crippen molar-refractivity contribution < 1.29 is 162 Å². The number of aromatic nitrogens is 16. The number of hydrogen-bond donors (Lipinski definition) is 21. The van der Waals surface area contributed by atoms with Crippen LogP contribution in [0.5, 0.6) is 0 Å². The Labute approximate surface area is 675 Å². The molecule has 123 heavy (non-hydrogen) atoms. The van der Waals surface area contributed by atoms with Gasteiger partial charge in [0.2, 0.25) is 11.9 Å². The van der Waals surface area contributed by atoms with E-state index in [-0.39, 0.29) is 5.82 Å². The molecule has 24 N–H and O–H groups in total. The number of rotatable bonds is 32. The molecule has 0 aliphatic carbocycles. The molecule has 6 aliphatic heterocycles. The van der Waals surface area contributed by atoms with Gasteiger partial charge in [-0.15, -0.1) is 0 Å². The van der Waals surface area contributed by atoms with Crippen LogP contribution in [0.15, 0.2) is 105 Å². The van der Waals surface area contributed by atoms with Crippen LogP contribution in [0.4, 0.5) is 17.7 Å². The minimum atomic E-state index is -6.08. The first kappa shape index (κ1) is 90.3. The fourth-order valence-electron chi connectivity index (χ4n) is 13.7. The zero-order valence-electron chi connectivity index (χ0n) is 61.3. The molecular weight excluding hydrogens is 1780 g/mol. The van der Waals surface area contributed by atoms with Crippen molar-refractivity contribution in [2.24, 2.45) is 0 Å². The van der Waals surface area contributed by atoms with E-state index in [2.05, 4.69) is 34.9 Å². The van der Waals surface area contributed by atoms with Gasteiger partial charge in [-0.25, -0.2) is 52.0 Å². The van der Waals surface area contributed by atoms with Crippen LogP contribution in [-0.4, -0.2) is 292 Å². The van der Waals surface area contributed by atoms with Crippen LogP contribution < -0.4 is 67.8 Å². The van der Waals surface area contributed by atoms with Gasteiger partial charge in [-0.05, 0) is 6.07 Å². The Bertz CT molecular complexity index is 6140. The minimum absolute atomic E-state index is 0.369. The van der Waals surface area contributed by atoms with Crippen molar-refractivity contribution in [3.8, 4) is 0 Å². The number of fused-ring (bicyclic) bond motifs is 2. The molecule has 29 atom stereocenters. The van der Waals surface area contributed by atoms with E-state index in [0.717, 1.165) is 70.8 Å². The third-order valence-corrected chi connectivity index (χ3v) is 24.2. The van der Waals surface area contributed by atoms with Gasteiger partial charge in [0, 0.05) is 43.0 Å². The number of nitrogens with zero attached hydrogens (tertiary/aromatic N) is 11. The van der Waals surface area contributed by atoms with E-state index in [1.54, 1.807) is 0 Å². The zero-order valence-corrected chi connectivity index (χ0v) is 65.8. The van der Waals surface area contributed by atoms with Gasteiger partial charge in [0.25, 0.3) is 27.8 Å². The summed E-state index contributed by atoms with van der Waals surface area (Å²) in [5, 5.41) is 90.3. The van der Waals surface area contributed by atoms with E-state index in [1.165, 1.54) is 0 Å². The van der Waals surface area contributed by atoms with Crippen molar-refractivity contribution in [3.05, 3.63) is 155 Å². The summed E-state index contributed by atoms with van der Waals surface area (Å²) >= 11 is 0. The number of nitrogens with two attached hydrogens (primary N) is 3. The van der Waals surface area contributed by atoms with Crippen molar-refractivity contribution in [3.63, 3.8) is 0 Å². The molecule has 8 aromatic rings. The Balaban J connectivity index is 0.693. The first-order chi connectivity index (χ1) is 57.9. The predicted octanol–water partition coefficient (Wildman–Crippen LogP) is -10.7. The second-order valence-corrected chi connectivity index (χ2v) is 34.4. The van der Waals surface area contributed by atoms with Crippen LogP contribution in [0.3, 0.4) is 0 Å². The zero-order chi connectivity index (χ0) is 88.8. The maximum Gasteiger partial charge on any atom is 0.472 e. The maximum atomic E-state index is 14.5. The Hall–Kier alpha value is -8.99. The molecular formula is C56H70N19O43P5. The Morgan fingerprint density at radius 2 is 0.634 bits per heavy atom. The van der Waals surface area contributed by atoms with Gasteiger partial charge in [0.05, 0.1) is 52.3 Å². The normalized spacial score (nSPS) is 32.8. The molecule has 62 nitrogen and oxygen atoms in total. The van der Waals surface area contributed by atoms with E-state index in [9.17, 15) is 131 Å². The largest absolute Gasteiger partial charge is 0.472 e. The van der Waals surface area contributed by atoms with E-state index in [1.807, 2.05) is 15.0 Å². The number of imidazole rings is 2. The summed E-state index contributed by atoms with van der Waals surface area (Å²) in [6.45, 7) is -8.03. The van der Waals surface area contributed by atoms with E-state index < -0.39 is 311 Å². The summed E-state index contributed by atoms with van der Waals surface area (Å²) in [4.78, 5) is 199. The highest BCUT2D eigenvalue weighted by Crippen LogP contribution is 2.57. The maximum absolute atomic E-state index is 14.5. The number of aliphatic hydroxyl groups excluding tert-OH is 8. The average Bonchev–Trinajstić information content (AvgIpc) is 1.63. The molecule has 0 bridgehead atoms. The van der Waals surface area contributed by atoms with Crippen molar-refractivity contribution >= 4 is 79.2 Å². The molecule has 6 fully saturated rings. The van der Waals surface area contributed by atoms with Crippen LogP contribution in [0.2, 0.25) is 0 Å². The summed E-state index contributed by atoms with van der Waals surface area (Å²) in [6.07, 6.45) is -46.1. The Morgan fingerprint density at radius 1 is 0.358 bits per heavy atom. The monoisotopic (exact) mass is 1850 g/mol. The molecule has 67 heteroatoms. The minimum Gasteiger partial charge on any atom is -0.394 e. The third kappa shape index (κ3) is 19.1. The molecule has 0 saturated carbocycles. The van der Waals surface area contributed by atoms with E-state index in [0.29, 0.717) is 18.3 Å². The van der Waals surface area contributed by atoms with Crippen LogP contribution in [0, 0.1) is 0 Å². The van der Waals surface area contributed by atoms with Crippen LogP contribution in [0.1, 0.15) is 37.4 Å². The Morgan fingerprint density at radius 3 is 0.951 bits per heavy atom. The fourth-order valence-corrected chi connectivity index (χ4v) is 18.5. The highest BCUT2D eigenvalue weighted by atomic mass is 31.2. The van der Waals surface area contributed by atoms with Gasteiger partial charge >= 0.3 is 61.9 Å². The van der Waals surface area contributed by atoms with Gasteiger partial charge in [-0.3, -0.25) is 122 Å². The lowest BCUT2D eigenvalue weighted by Crippen LogP contribution is -2.39. The second kappa shape index (κ2) is 35.1. The summed E-state index contributed by atoms with van der Waals surface area (Å²) in [5.41, 5.74) is 5.89. The van der Waals surface area contributed by atoms with Gasteiger partial charge in [-0.2, -0.15) is 15.0 Å². The summed E-state index contributed by atoms with van der Waals surface area (Å²) in [6, 6.07) is 3.45. The highest BCUT2D eigenvalue weighted by molar-refractivity contribution is 7.48. The number of phosphoric acid groups is 5. The number of ether oxygens (including phenoxy) is 6. The molecule has 672 valence electrons. The van der Waals surface area contributed by atoms with Crippen molar-refractivity contribution in [2.45, 2.75) is 147 Å². The third-order valence-electron chi connectivity index (χ3n) is 19.3. The highest BCUT2D eigenvalue weighted by Gasteiger charge is 2.58. The van der Waals surface area contributed by atoms with Gasteiger partial charge in [0.15, 0.2) is 59.7 Å². The molecule has 8 aromatic heterocycles. The molecule has 0 amide bonds. The first-order valence-electron chi connectivity index (χ1n) is 35.2. The standard InChI is InChI=1S/C56H70N19O43P5/c57-23-1-5-70(53(89)62-23)47-32(83)37(19(110-47)11-104-120(95,96)114-36-17(9-76)108-46(31(36)82)72-7-3-25(78)64-55(72)91)115-121(97,98)107-14-22-40(35(86)50(113-22)75-16-61-28-42(75)67-52(59)69-44(28)88)118-123(101,102)105-12-20-38(33(84)48(111-20)73-8-4-26(79)65-56(73)92)116-122(99,100)106-13-21-39(34(85)49(112-21)74-15-60-27-41(74)66-51(58)68-43(27)87)117-119(93,94)103-10-18-29(80)30(81)45(109-18)71-6-2-24(77)63-54(71)90/h1-8,15-22,29-40,45-50,76,80-86H,9-14H2,(H,93,94)(H,95,96)(H,97,98)(H,99,100)(H,101,102)(H2,57,62,89)(H,63,77,90)(H,64,78,91)(H,65,79,92)(H3,58,66,68,87)(H3,59,67,69,88). The lowest BCUT2D eigenvalue weighted by molar-refractivity contribution is -0.0660. The number of aliphatic hydroxyl groups is 8. The number of nitrogen functional groups attached to an aromatic ring is 3. The summed E-state index contributed by atoms with van der Waals surface area (Å²) < 4.78 is 162. The molecule has 0 spiro atoms. The summed E-state index contributed by atoms with van der Waals surface area (Å²) in [5.74, 6) is -1.45. The molecule has 0 radical (unpaired) electrons. The van der Waals surface area contributed by atoms with Crippen LogP contribution in [0.25, 0.3) is 22.3 Å². The molecule has 0 aromatic carbocycles. The number of aromatic amines is 5. The number of H-pyrrole nitrogens is 5. The lowest BCUT2D eigenvalue weighted by atomic mass is 10.1. The molecule has 29 unspecified atom stereocenters. The van der Waals surface area contributed by atoms with Crippen LogP contribution in [-0.2, 0) is 96.5 Å². The van der Waals surface area contributed by atoms with Gasteiger partial charge in [-0.1, -0.05) is 0 Å². The average molecular weight is 1850 g/mol. The Kier molecular flexibility index (Phi) is 25.8. The van der Waals surface area contributed by atoms with Crippen molar-refractivity contribution in [1.82, 2.24) is 77.2 Å². The molecule has 14 rings (SSSR count). The number of nitrogens with one attached hydrogen (secondary N) is 5.